The molecule has 6 nitrogen and oxygen atoms in total. The second-order valence-corrected chi connectivity index (χ2v) is 4.57. The first kappa shape index (κ1) is 10.4. The lowest BCUT2D eigenvalue weighted by atomic mass is 10.6. The number of nitrogens with one attached hydrogen (secondary N) is 2. The summed E-state index contributed by atoms with van der Waals surface area (Å²) in [6.45, 7) is 0.110. The van der Waals surface area contributed by atoms with E-state index < -0.39 is 10.0 Å². The predicted molar refractivity (Wildman–Crippen MR) is 47.7 cm³/mol. The Morgan fingerprint density at radius 2 is 2.38 bits per heavy atom. The lowest BCUT2D eigenvalue weighted by Gasteiger charge is -2.01. The van der Waals surface area contributed by atoms with Gasteiger partial charge in [-0.15, -0.1) is 11.6 Å². The summed E-state index contributed by atoms with van der Waals surface area (Å²) in [4.78, 5) is 3.75. The zero-order valence-corrected chi connectivity index (χ0v) is 8.27. The van der Waals surface area contributed by atoms with Gasteiger partial charge in [-0.05, 0) is 0 Å². The quantitative estimate of drug-likeness (QED) is 0.658. The molecule has 0 unspecified atom stereocenters. The van der Waals surface area contributed by atoms with Gasteiger partial charge in [-0.1, -0.05) is 0 Å². The second-order valence-electron chi connectivity index (χ2n) is 2.26. The van der Waals surface area contributed by atoms with Crippen molar-refractivity contribution in [1.82, 2.24) is 19.9 Å². The standard InChI is InChI=1S/C5H9ClN4O2S/c6-1-2-13(11,12)9-3-5-7-4-8-10-5/h4,9H,1-3H2,(H,7,8,10). The van der Waals surface area contributed by atoms with Crippen LogP contribution in [0.15, 0.2) is 6.33 Å². The molecule has 0 saturated heterocycles. The smallest absolute Gasteiger partial charge is 0.213 e. The molecule has 0 amide bonds. The van der Waals surface area contributed by atoms with E-state index >= 15 is 0 Å². The summed E-state index contributed by atoms with van der Waals surface area (Å²) >= 11 is 5.29. The third-order valence-electron chi connectivity index (χ3n) is 1.27. The van der Waals surface area contributed by atoms with Gasteiger partial charge in [-0.2, -0.15) is 5.10 Å². The van der Waals surface area contributed by atoms with E-state index in [9.17, 15) is 8.42 Å². The number of halogens is 1. The molecule has 0 aliphatic carbocycles. The molecule has 1 aromatic heterocycles. The van der Waals surface area contributed by atoms with Crippen LogP contribution in [0, 0.1) is 0 Å². The van der Waals surface area contributed by atoms with E-state index in [4.69, 9.17) is 11.6 Å². The van der Waals surface area contributed by atoms with Crippen molar-refractivity contribution in [3.05, 3.63) is 12.2 Å². The molecule has 0 aromatic carbocycles. The van der Waals surface area contributed by atoms with Crippen LogP contribution in [0.2, 0.25) is 0 Å². The van der Waals surface area contributed by atoms with Crippen molar-refractivity contribution >= 4 is 21.6 Å². The normalized spacial score (nSPS) is 11.8. The number of aromatic nitrogens is 3. The molecule has 0 bridgehead atoms. The van der Waals surface area contributed by atoms with Crippen LogP contribution in [-0.4, -0.2) is 35.2 Å². The van der Waals surface area contributed by atoms with Crippen molar-refractivity contribution in [1.29, 1.82) is 0 Å². The van der Waals surface area contributed by atoms with Gasteiger partial charge in [-0.25, -0.2) is 18.1 Å². The summed E-state index contributed by atoms with van der Waals surface area (Å²) in [7, 11) is -3.28. The van der Waals surface area contributed by atoms with E-state index in [2.05, 4.69) is 19.9 Å². The summed E-state index contributed by atoms with van der Waals surface area (Å²) in [5.74, 6) is 0.451. The predicted octanol–water partition coefficient (Wildman–Crippen LogP) is -0.537. The van der Waals surface area contributed by atoms with Gasteiger partial charge in [0.25, 0.3) is 0 Å². The molecule has 0 atom stereocenters. The zero-order chi connectivity index (χ0) is 9.73. The Morgan fingerprint density at radius 1 is 1.62 bits per heavy atom. The maximum atomic E-state index is 11.1. The Kier molecular flexibility index (Phi) is 3.64. The molecule has 1 rings (SSSR count). The van der Waals surface area contributed by atoms with Crippen molar-refractivity contribution in [3.8, 4) is 0 Å². The fourth-order valence-electron chi connectivity index (χ4n) is 0.668. The van der Waals surface area contributed by atoms with Crippen molar-refractivity contribution < 1.29 is 8.42 Å². The number of hydrogen-bond donors (Lipinski definition) is 2. The Bertz CT molecular complexity index is 335. The van der Waals surface area contributed by atoms with E-state index in [1.807, 2.05) is 0 Å². The van der Waals surface area contributed by atoms with E-state index in [1.165, 1.54) is 6.33 Å². The molecule has 2 N–H and O–H groups in total. The van der Waals surface area contributed by atoms with Crippen LogP contribution >= 0.6 is 11.6 Å². The van der Waals surface area contributed by atoms with Gasteiger partial charge in [0.15, 0.2) is 0 Å². The first-order valence-corrected chi connectivity index (χ1v) is 5.70. The molecule has 13 heavy (non-hydrogen) atoms. The first-order chi connectivity index (χ1) is 6.14. The third kappa shape index (κ3) is 3.71. The van der Waals surface area contributed by atoms with E-state index in [0.717, 1.165) is 0 Å². The van der Waals surface area contributed by atoms with Gasteiger partial charge in [0, 0.05) is 5.88 Å². The minimum atomic E-state index is -3.28. The van der Waals surface area contributed by atoms with Gasteiger partial charge in [0.1, 0.15) is 12.2 Å². The van der Waals surface area contributed by atoms with E-state index in [1.54, 1.807) is 0 Å². The minimum Gasteiger partial charge on any atom is -0.262 e. The number of H-pyrrole nitrogens is 1. The third-order valence-corrected chi connectivity index (χ3v) is 3.01. The van der Waals surface area contributed by atoms with Crippen LogP contribution in [0.5, 0.6) is 0 Å². The van der Waals surface area contributed by atoms with Crippen molar-refractivity contribution in [2.24, 2.45) is 0 Å². The molecule has 8 heteroatoms. The van der Waals surface area contributed by atoms with Crippen LogP contribution in [0.3, 0.4) is 0 Å². The fraction of sp³-hybridized carbons (Fsp3) is 0.600. The molecular weight excluding hydrogens is 216 g/mol. The second kappa shape index (κ2) is 4.54. The summed E-state index contributed by atoms with van der Waals surface area (Å²) in [5, 5.41) is 6.10. The number of sulfonamides is 1. The Balaban J connectivity index is 2.43. The van der Waals surface area contributed by atoms with Gasteiger partial charge >= 0.3 is 0 Å². The molecule has 0 saturated carbocycles. The lowest BCUT2D eigenvalue weighted by Crippen LogP contribution is -2.27. The molecule has 1 heterocycles. The Hall–Kier alpha value is -0.660. The lowest BCUT2D eigenvalue weighted by molar-refractivity contribution is 0.581. The highest BCUT2D eigenvalue weighted by Crippen LogP contribution is 1.90. The highest BCUT2D eigenvalue weighted by Gasteiger charge is 2.08. The average molecular weight is 225 g/mol. The van der Waals surface area contributed by atoms with Crippen LogP contribution < -0.4 is 4.72 Å². The number of aromatic amines is 1. The SMILES string of the molecule is O=S(=O)(CCCl)NCc1ncn[nH]1. The van der Waals surface area contributed by atoms with Gasteiger partial charge in [-0.3, -0.25) is 5.10 Å². The van der Waals surface area contributed by atoms with Crippen LogP contribution in [0.25, 0.3) is 0 Å². The van der Waals surface area contributed by atoms with Gasteiger partial charge in [0.05, 0.1) is 12.3 Å². The molecule has 0 aliphatic heterocycles. The van der Waals surface area contributed by atoms with Gasteiger partial charge in [0.2, 0.25) is 10.0 Å². The molecule has 0 fully saturated rings. The maximum Gasteiger partial charge on any atom is 0.213 e. The summed E-state index contributed by atoms with van der Waals surface area (Å²) < 4.78 is 24.5. The number of rotatable bonds is 5. The maximum absolute atomic E-state index is 11.1. The monoisotopic (exact) mass is 224 g/mol. The summed E-state index contributed by atoms with van der Waals surface area (Å²) in [6.07, 6.45) is 1.31. The van der Waals surface area contributed by atoms with Crippen molar-refractivity contribution in [3.63, 3.8) is 0 Å². The molecule has 74 valence electrons. The van der Waals surface area contributed by atoms with Crippen molar-refractivity contribution in [2.45, 2.75) is 6.54 Å². The molecule has 0 radical (unpaired) electrons. The number of hydrogen-bond acceptors (Lipinski definition) is 4. The molecular formula is C5H9ClN4O2S. The Morgan fingerprint density at radius 3 is 2.92 bits per heavy atom. The zero-order valence-electron chi connectivity index (χ0n) is 6.70. The topological polar surface area (TPSA) is 87.7 Å². The van der Waals surface area contributed by atoms with Crippen molar-refractivity contribution in [2.75, 3.05) is 11.6 Å². The number of nitrogens with zero attached hydrogens (tertiary/aromatic N) is 2. The van der Waals surface area contributed by atoms with E-state index in [-0.39, 0.29) is 18.2 Å². The van der Waals surface area contributed by atoms with Crippen LogP contribution in [0.1, 0.15) is 5.82 Å². The largest absolute Gasteiger partial charge is 0.262 e. The summed E-state index contributed by atoms with van der Waals surface area (Å²) in [6, 6.07) is 0. The minimum absolute atomic E-state index is 0.0751. The molecule has 0 aliphatic rings. The van der Waals surface area contributed by atoms with Crippen LogP contribution in [0.4, 0.5) is 0 Å². The fourth-order valence-corrected chi connectivity index (χ4v) is 1.98. The van der Waals surface area contributed by atoms with E-state index in [0.29, 0.717) is 5.82 Å². The number of alkyl halides is 1. The Labute approximate surface area is 80.8 Å². The highest BCUT2D eigenvalue weighted by atomic mass is 35.5. The van der Waals surface area contributed by atoms with Crippen LogP contribution in [-0.2, 0) is 16.6 Å². The first-order valence-electron chi connectivity index (χ1n) is 3.51. The van der Waals surface area contributed by atoms with Gasteiger partial charge < -0.3 is 0 Å². The average Bonchev–Trinajstić information content (AvgIpc) is 2.52. The molecule has 0 spiro atoms. The highest BCUT2D eigenvalue weighted by molar-refractivity contribution is 7.89. The summed E-state index contributed by atoms with van der Waals surface area (Å²) in [5.41, 5.74) is 0. The molecule has 1 aromatic rings.